The Bertz CT molecular complexity index is 943. The van der Waals surface area contributed by atoms with Crippen LogP contribution < -0.4 is 10.6 Å². The average molecular weight is 417 g/mol. The van der Waals surface area contributed by atoms with Gasteiger partial charge in [-0.2, -0.15) is 0 Å². The first-order valence-electron chi connectivity index (χ1n) is 8.86. The van der Waals surface area contributed by atoms with Gasteiger partial charge in [-0.15, -0.1) is 11.8 Å². The van der Waals surface area contributed by atoms with Crippen LogP contribution in [0.15, 0.2) is 53.1 Å². The number of rotatable bonds is 5. The highest BCUT2D eigenvalue weighted by Crippen LogP contribution is 2.27. The fourth-order valence-corrected chi connectivity index (χ4v) is 3.75. The maximum absolute atomic E-state index is 12.6. The summed E-state index contributed by atoms with van der Waals surface area (Å²) < 4.78 is 5.45. The molecule has 2 aromatic carbocycles. The van der Waals surface area contributed by atoms with Crippen LogP contribution in [-0.4, -0.2) is 24.2 Å². The number of ether oxygens (including phenoxy) is 1. The number of carbonyl (C=O) groups is 2. The Morgan fingerprint density at radius 1 is 1.14 bits per heavy atom. The van der Waals surface area contributed by atoms with E-state index >= 15 is 0 Å². The highest BCUT2D eigenvalue weighted by Gasteiger charge is 2.20. The molecule has 0 unspecified atom stereocenters. The molecule has 0 atom stereocenters. The van der Waals surface area contributed by atoms with Crippen LogP contribution in [-0.2, 0) is 16.1 Å². The summed E-state index contributed by atoms with van der Waals surface area (Å²) in [4.78, 5) is 25.7. The number of benzene rings is 2. The second-order valence-corrected chi connectivity index (χ2v) is 7.85. The quantitative estimate of drug-likeness (QED) is 0.752. The van der Waals surface area contributed by atoms with Crippen molar-refractivity contribution in [3.05, 3.63) is 74.8 Å². The van der Waals surface area contributed by atoms with Gasteiger partial charge in [-0.1, -0.05) is 35.9 Å². The number of aryl methyl sites for hydroxylation is 1. The molecule has 3 rings (SSSR count). The molecule has 0 spiro atoms. The van der Waals surface area contributed by atoms with Gasteiger partial charge in [0, 0.05) is 28.6 Å². The van der Waals surface area contributed by atoms with Crippen LogP contribution in [0.4, 0.5) is 5.69 Å². The number of nitrogens with one attached hydrogen (secondary N) is 2. The summed E-state index contributed by atoms with van der Waals surface area (Å²) in [5.41, 5.74) is 2.78. The third-order valence-electron chi connectivity index (χ3n) is 4.32. The molecule has 7 heteroatoms. The Kier molecular flexibility index (Phi) is 6.65. The molecule has 5 nitrogen and oxygen atoms in total. The standard InChI is InChI=1S/C21H21ClN2O3S/c1-13-7-8-15(20(25)23-12-16-5-3-4-6-17(16)22)11-18(13)24-21(26)19-14(2)27-9-10-28-19/h3-8,11H,9-10,12H2,1-2H3,(H,23,25)(H,24,26). The van der Waals surface area contributed by atoms with Crippen molar-refractivity contribution < 1.29 is 14.3 Å². The summed E-state index contributed by atoms with van der Waals surface area (Å²) in [7, 11) is 0. The summed E-state index contributed by atoms with van der Waals surface area (Å²) in [6.45, 7) is 4.60. The molecule has 0 aliphatic carbocycles. The van der Waals surface area contributed by atoms with Crippen LogP contribution >= 0.6 is 23.4 Å². The Morgan fingerprint density at radius 2 is 1.93 bits per heavy atom. The molecule has 0 radical (unpaired) electrons. The van der Waals surface area contributed by atoms with E-state index < -0.39 is 0 Å². The first kappa shape index (κ1) is 20.3. The molecule has 28 heavy (non-hydrogen) atoms. The molecule has 0 fully saturated rings. The lowest BCUT2D eigenvalue weighted by atomic mass is 10.1. The number of anilines is 1. The van der Waals surface area contributed by atoms with Gasteiger partial charge in [0.2, 0.25) is 0 Å². The minimum Gasteiger partial charge on any atom is -0.496 e. The maximum Gasteiger partial charge on any atom is 0.265 e. The van der Waals surface area contributed by atoms with Gasteiger partial charge in [-0.25, -0.2) is 0 Å². The number of carbonyl (C=O) groups excluding carboxylic acids is 2. The number of halogens is 1. The van der Waals surface area contributed by atoms with Gasteiger partial charge in [0.1, 0.15) is 10.7 Å². The molecular formula is C21H21ClN2O3S. The zero-order valence-electron chi connectivity index (χ0n) is 15.7. The van der Waals surface area contributed by atoms with E-state index in [9.17, 15) is 9.59 Å². The van der Waals surface area contributed by atoms with Crippen molar-refractivity contribution in [3.63, 3.8) is 0 Å². The number of thioether (sulfide) groups is 1. The summed E-state index contributed by atoms with van der Waals surface area (Å²) in [5, 5.41) is 6.35. The van der Waals surface area contributed by atoms with Crippen molar-refractivity contribution >= 4 is 40.9 Å². The third kappa shape index (κ3) is 4.88. The average Bonchev–Trinajstić information content (AvgIpc) is 2.69. The van der Waals surface area contributed by atoms with Crippen molar-refractivity contribution in [2.24, 2.45) is 0 Å². The lowest BCUT2D eigenvalue weighted by molar-refractivity contribution is -0.112. The SMILES string of the molecule is CC1=C(C(=O)Nc2cc(C(=O)NCc3ccccc3Cl)ccc2C)SCCO1. The van der Waals surface area contributed by atoms with Crippen molar-refractivity contribution in [3.8, 4) is 0 Å². The number of allylic oxidation sites excluding steroid dienone is 1. The Hall–Kier alpha value is -2.44. The molecule has 2 aromatic rings. The Labute approximate surface area is 173 Å². The topological polar surface area (TPSA) is 67.4 Å². The predicted molar refractivity (Wildman–Crippen MR) is 114 cm³/mol. The molecule has 2 amide bonds. The highest BCUT2D eigenvalue weighted by atomic mass is 35.5. The molecule has 0 bridgehead atoms. The van der Waals surface area contributed by atoms with Gasteiger partial charge < -0.3 is 15.4 Å². The van der Waals surface area contributed by atoms with Crippen LogP contribution in [0, 0.1) is 6.92 Å². The molecule has 0 aromatic heterocycles. The maximum atomic E-state index is 12.6. The van der Waals surface area contributed by atoms with Gasteiger partial charge in [-0.3, -0.25) is 9.59 Å². The van der Waals surface area contributed by atoms with Gasteiger partial charge >= 0.3 is 0 Å². The van der Waals surface area contributed by atoms with E-state index in [1.165, 1.54) is 11.8 Å². The fraction of sp³-hybridized carbons (Fsp3) is 0.238. The van der Waals surface area contributed by atoms with Gasteiger partial charge in [0.25, 0.3) is 11.8 Å². The van der Waals surface area contributed by atoms with Crippen molar-refractivity contribution in [1.29, 1.82) is 0 Å². The number of hydrogen-bond acceptors (Lipinski definition) is 4. The number of hydrogen-bond donors (Lipinski definition) is 2. The van der Waals surface area contributed by atoms with E-state index in [4.69, 9.17) is 16.3 Å². The van der Waals surface area contributed by atoms with E-state index in [0.29, 0.717) is 40.1 Å². The van der Waals surface area contributed by atoms with E-state index in [0.717, 1.165) is 16.9 Å². The van der Waals surface area contributed by atoms with Gasteiger partial charge in [-0.05, 0) is 43.2 Å². The minimum atomic E-state index is -0.235. The molecular weight excluding hydrogens is 396 g/mol. The van der Waals surface area contributed by atoms with Gasteiger partial charge in [0.05, 0.1) is 6.61 Å². The zero-order chi connectivity index (χ0) is 20.1. The summed E-state index contributed by atoms with van der Waals surface area (Å²) in [5.74, 6) is 0.906. The van der Waals surface area contributed by atoms with E-state index in [1.807, 2.05) is 31.2 Å². The summed E-state index contributed by atoms with van der Waals surface area (Å²) >= 11 is 7.60. The van der Waals surface area contributed by atoms with Crippen molar-refractivity contribution in [2.75, 3.05) is 17.7 Å². The normalized spacial score (nSPS) is 13.7. The summed E-state index contributed by atoms with van der Waals surface area (Å²) in [6.07, 6.45) is 0. The van der Waals surface area contributed by atoms with Crippen molar-refractivity contribution in [2.45, 2.75) is 20.4 Å². The van der Waals surface area contributed by atoms with Crippen LogP contribution in [0.1, 0.15) is 28.4 Å². The molecule has 0 saturated heterocycles. The van der Waals surface area contributed by atoms with Gasteiger partial charge in [0.15, 0.2) is 0 Å². The number of amides is 2. The Morgan fingerprint density at radius 3 is 2.68 bits per heavy atom. The smallest absolute Gasteiger partial charge is 0.265 e. The summed E-state index contributed by atoms with van der Waals surface area (Å²) in [6, 6.07) is 12.6. The predicted octanol–water partition coefficient (Wildman–Crippen LogP) is 4.51. The first-order valence-corrected chi connectivity index (χ1v) is 10.2. The van der Waals surface area contributed by atoms with Crippen molar-refractivity contribution in [1.82, 2.24) is 5.32 Å². The minimum absolute atomic E-state index is 0.223. The van der Waals surface area contributed by atoms with Crippen LogP contribution in [0.2, 0.25) is 5.02 Å². The van der Waals surface area contributed by atoms with Crippen LogP contribution in [0.3, 0.4) is 0 Å². The zero-order valence-corrected chi connectivity index (χ0v) is 17.2. The van der Waals surface area contributed by atoms with Crippen LogP contribution in [0.25, 0.3) is 0 Å². The van der Waals surface area contributed by atoms with E-state index in [1.54, 1.807) is 25.1 Å². The monoisotopic (exact) mass is 416 g/mol. The molecule has 1 heterocycles. The first-order chi connectivity index (χ1) is 13.5. The molecule has 1 aliphatic rings. The second-order valence-electron chi connectivity index (χ2n) is 6.34. The molecule has 2 N–H and O–H groups in total. The fourth-order valence-electron chi connectivity index (χ4n) is 2.73. The lowest BCUT2D eigenvalue weighted by Crippen LogP contribution is -2.23. The second kappa shape index (κ2) is 9.17. The third-order valence-corrected chi connectivity index (χ3v) is 5.82. The molecule has 146 valence electrons. The lowest BCUT2D eigenvalue weighted by Gasteiger charge is -2.18. The van der Waals surface area contributed by atoms with Crippen LogP contribution in [0.5, 0.6) is 0 Å². The molecule has 0 saturated carbocycles. The Balaban J connectivity index is 1.71. The molecule has 1 aliphatic heterocycles. The van der Waals surface area contributed by atoms with E-state index in [2.05, 4.69) is 10.6 Å². The largest absolute Gasteiger partial charge is 0.496 e. The highest BCUT2D eigenvalue weighted by molar-refractivity contribution is 8.04. The van der Waals surface area contributed by atoms with E-state index in [-0.39, 0.29) is 11.8 Å².